The molecule has 2 aromatic rings. The lowest BCUT2D eigenvalue weighted by molar-refractivity contribution is -0.385. The predicted molar refractivity (Wildman–Crippen MR) is 71.1 cm³/mol. The second kappa shape index (κ2) is 5.04. The van der Waals surface area contributed by atoms with Gasteiger partial charge in [0.15, 0.2) is 0 Å². The normalized spacial score (nSPS) is 9.94. The Bertz CT molecular complexity index is 527. The summed E-state index contributed by atoms with van der Waals surface area (Å²) in [6.07, 6.45) is 2.34. The van der Waals surface area contributed by atoms with Crippen LogP contribution in [0.5, 0.6) is 0 Å². The van der Waals surface area contributed by atoms with E-state index in [1.165, 1.54) is 12.4 Å². The van der Waals surface area contributed by atoms with Gasteiger partial charge >= 0.3 is 5.69 Å². The Morgan fingerprint density at radius 1 is 1.18 bits per heavy atom. The van der Waals surface area contributed by atoms with Crippen molar-refractivity contribution in [1.82, 2.24) is 9.97 Å². The molecule has 17 heavy (non-hydrogen) atoms. The highest BCUT2D eigenvalue weighted by Crippen LogP contribution is 2.15. The van der Waals surface area contributed by atoms with E-state index in [0.717, 1.165) is 9.26 Å². The van der Waals surface area contributed by atoms with Gasteiger partial charge in [-0.05, 0) is 46.9 Å². The fraction of sp³-hybridized carbons (Fsp3) is 0. The standard InChI is InChI=1S/C10H7IN4O2/c11-7-1-3-8(4-2-7)14-10-12-5-9(6-13-10)15(16)17/h1-6H,(H,12,13,14). The Labute approximate surface area is 110 Å². The Morgan fingerprint density at radius 3 is 2.29 bits per heavy atom. The quantitative estimate of drug-likeness (QED) is 0.527. The first-order valence-corrected chi connectivity index (χ1v) is 5.72. The third kappa shape index (κ3) is 3.09. The molecule has 7 heteroatoms. The Kier molecular flexibility index (Phi) is 3.47. The lowest BCUT2D eigenvalue weighted by atomic mass is 10.3. The van der Waals surface area contributed by atoms with Crippen molar-refractivity contribution in [3.63, 3.8) is 0 Å². The minimum Gasteiger partial charge on any atom is -0.324 e. The van der Waals surface area contributed by atoms with Gasteiger partial charge in [0.25, 0.3) is 0 Å². The second-order valence-corrected chi connectivity index (χ2v) is 4.40. The van der Waals surface area contributed by atoms with Gasteiger partial charge in [-0.25, -0.2) is 9.97 Å². The highest BCUT2D eigenvalue weighted by Gasteiger charge is 2.06. The third-order valence-electron chi connectivity index (χ3n) is 1.95. The van der Waals surface area contributed by atoms with Gasteiger partial charge in [-0.15, -0.1) is 0 Å². The largest absolute Gasteiger partial charge is 0.324 e. The van der Waals surface area contributed by atoms with E-state index in [1.54, 1.807) is 0 Å². The second-order valence-electron chi connectivity index (χ2n) is 3.15. The third-order valence-corrected chi connectivity index (χ3v) is 2.67. The van der Waals surface area contributed by atoms with Crippen molar-refractivity contribution in [2.24, 2.45) is 0 Å². The van der Waals surface area contributed by atoms with E-state index in [2.05, 4.69) is 37.9 Å². The minimum absolute atomic E-state index is 0.127. The van der Waals surface area contributed by atoms with Crippen molar-refractivity contribution >= 4 is 39.9 Å². The molecular weight excluding hydrogens is 335 g/mol. The smallest absolute Gasteiger partial charge is 0.305 e. The number of nitrogens with one attached hydrogen (secondary N) is 1. The summed E-state index contributed by atoms with van der Waals surface area (Å²) >= 11 is 2.21. The van der Waals surface area contributed by atoms with Gasteiger partial charge in [-0.2, -0.15) is 0 Å². The van der Waals surface area contributed by atoms with Crippen LogP contribution in [-0.4, -0.2) is 14.9 Å². The average molecular weight is 342 g/mol. The lowest BCUT2D eigenvalue weighted by Gasteiger charge is -2.03. The van der Waals surface area contributed by atoms with Crippen LogP contribution < -0.4 is 5.32 Å². The molecule has 2 rings (SSSR count). The van der Waals surface area contributed by atoms with Crippen LogP contribution in [-0.2, 0) is 0 Å². The molecular formula is C10H7IN4O2. The van der Waals surface area contributed by atoms with Crippen LogP contribution in [0.15, 0.2) is 36.7 Å². The van der Waals surface area contributed by atoms with Crippen LogP contribution in [0.25, 0.3) is 0 Å². The van der Waals surface area contributed by atoms with Gasteiger partial charge in [0.05, 0.1) is 4.92 Å². The molecule has 0 amide bonds. The van der Waals surface area contributed by atoms with Crippen molar-refractivity contribution in [2.45, 2.75) is 0 Å². The Hall–Kier alpha value is -1.77. The molecule has 1 heterocycles. The molecule has 0 aliphatic heterocycles. The number of hydrogen-bond acceptors (Lipinski definition) is 5. The van der Waals surface area contributed by atoms with Crippen molar-refractivity contribution < 1.29 is 4.92 Å². The monoisotopic (exact) mass is 342 g/mol. The van der Waals surface area contributed by atoms with Gasteiger partial charge in [0.1, 0.15) is 12.4 Å². The van der Waals surface area contributed by atoms with E-state index in [4.69, 9.17) is 0 Å². The molecule has 0 unspecified atom stereocenters. The van der Waals surface area contributed by atoms with Gasteiger partial charge < -0.3 is 5.32 Å². The maximum atomic E-state index is 10.4. The van der Waals surface area contributed by atoms with E-state index in [1.807, 2.05) is 24.3 Å². The first-order chi connectivity index (χ1) is 8.15. The molecule has 0 saturated carbocycles. The average Bonchev–Trinajstić information content (AvgIpc) is 2.33. The molecule has 0 bridgehead atoms. The zero-order chi connectivity index (χ0) is 12.3. The lowest BCUT2D eigenvalue weighted by Crippen LogP contribution is -1.98. The maximum Gasteiger partial charge on any atom is 0.305 e. The number of nitrogens with zero attached hydrogens (tertiary/aromatic N) is 3. The van der Waals surface area contributed by atoms with Gasteiger partial charge in [0.2, 0.25) is 5.95 Å². The number of nitro groups is 1. The van der Waals surface area contributed by atoms with E-state index in [9.17, 15) is 10.1 Å². The first kappa shape index (κ1) is 11.7. The molecule has 86 valence electrons. The number of halogens is 1. The summed E-state index contributed by atoms with van der Waals surface area (Å²) in [6, 6.07) is 7.64. The highest BCUT2D eigenvalue weighted by atomic mass is 127. The van der Waals surface area contributed by atoms with Crippen molar-refractivity contribution in [2.75, 3.05) is 5.32 Å². The zero-order valence-corrected chi connectivity index (χ0v) is 10.7. The summed E-state index contributed by atoms with van der Waals surface area (Å²) in [5.41, 5.74) is 0.706. The summed E-state index contributed by atoms with van der Waals surface area (Å²) in [7, 11) is 0. The molecule has 1 aromatic carbocycles. The Morgan fingerprint density at radius 2 is 1.76 bits per heavy atom. The molecule has 1 N–H and O–H groups in total. The van der Waals surface area contributed by atoms with Crippen LogP contribution in [0.2, 0.25) is 0 Å². The van der Waals surface area contributed by atoms with Gasteiger partial charge in [0, 0.05) is 9.26 Å². The Balaban J connectivity index is 2.13. The number of anilines is 2. The van der Waals surface area contributed by atoms with E-state index < -0.39 is 4.92 Å². The van der Waals surface area contributed by atoms with Gasteiger partial charge in [-0.3, -0.25) is 10.1 Å². The molecule has 0 radical (unpaired) electrons. The summed E-state index contributed by atoms with van der Waals surface area (Å²) in [5.74, 6) is 0.330. The maximum absolute atomic E-state index is 10.4. The fourth-order valence-corrected chi connectivity index (χ4v) is 1.50. The highest BCUT2D eigenvalue weighted by molar-refractivity contribution is 14.1. The summed E-state index contributed by atoms with van der Waals surface area (Å²) in [4.78, 5) is 17.6. The molecule has 6 nitrogen and oxygen atoms in total. The number of aromatic nitrogens is 2. The summed E-state index contributed by atoms with van der Waals surface area (Å²) < 4.78 is 1.12. The van der Waals surface area contributed by atoms with Crippen molar-refractivity contribution in [3.8, 4) is 0 Å². The van der Waals surface area contributed by atoms with E-state index in [-0.39, 0.29) is 5.69 Å². The van der Waals surface area contributed by atoms with E-state index in [0.29, 0.717) is 5.95 Å². The van der Waals surface area contributed by atoms with Crippen LogP contribution >= 0.6 is 22.6 Å². The molecule has 0 saturated heterocycles. The van der Waals surface area contributed by atoms with Gasteiger partial charge in [-0.1, -0.05) is 0 Å². The zero-order valence-electron chi connectivity index (χ0n) is 8.50. The summed E-state index contributed by atoms with van der Waals surface area (Å²) in [6.45, 7) is 0. The SMILES string of the molecule is O=[N+]([O-])c1cnc(Nc2ccc(I)cc2)nc1. The minimum atomic E-state index is -0.533. The number of rotatable bonds is 3. The van der Waals surface area contributed by atoms with Crippen LogP contribution in [0.3, 0.4) is 0 Å². The molecule has 1 aromatic heterocycles. The van der Waals surface area contributed by atoms with E-state index >= 15 is 0 Å². The topological polar surface area (TPSA) is 81.0 Å². The van der Waals surface area contributed by atoms with Crippen LogP contribution in [0, 0.1) is 13.7 Å². The number of hydrogen-bond donors (Lipinski definition) is 1. The van der Waals surface area contributed by atoms with Crippen LogP contribution in [0.4, 0.5) is 17.3 Å². The first-order valence-electron chi connectivity index (χ1n) is 4.64. The predicted octanol–water partition coefficient (Wildman–Crippen LogP) is 2.73. The fourth-order valence-electron chi connectivity index (χ4n) is 1.14. The molecule has 0 spiro atoms. The molecule has 0 fully saturated rings. The van der Waals surface area contributed by atoms with Crippen molar-refractivity contribution in [3.05, 3.63) is 50.3 Å². The summed E-state index contributed by atoms with van der Waals surface area (Å²) in [5, 5.41) is 13.4. The molecule has 0 aliphatic rings. The molecule has 0 atom stereocenters. The van der Waals surface area contributed by atoms with Crippen molar-refractivity contribution in [1.29, 1.82) is 0 Å². The molecule has 0 aliphatic carbocycles. The number of benzene rings is 1. The van der Waals surface area contributed by atoms with Crippen LogP contribution in [0.1, 0.15) is 0 Å².